The van der Waals surface area contributed by atoms with E-state index in [2.05, 4.69) is 16.8 Å². The summed E-state index contributed by atoms with van der Waals surface area (Å²) in [6, 6.07) is 3.48. The second-order valence-electron chi connectivity index (χ2n) is 2.64. The van der Waals surface area contributed by atoms with E-state index in [-0.39, 0.29) is 6.04 Å². The summed E-state index contributed by atoms with van der Waals surface area (Å²) in [5.74, 6) is 5.71. The molecule has 1 heterocycles. The standard InChI is InChI=1S/C10H11ClN2/c1-2-3-4-9(12)10-6-5-8(11)7-13-10/h5-7,9H,4,12H2,1H3. The van der Waals surface area contributed by atoms with Crippen LogP contribution in [0.5, 0.6) is 0 Å². The van der Waals surface area contributed by atoms with Crippen LogP contribution in [0.15, 0.2) is 18.3 Å². The zero-order chi connectivity index (χ0) is 9.68. The molecule has 0 amide bonds. The molecule has 0 bridgehead atoms. The molecule has 0 aliphatic heterocycles. The van der Waals surface area contributed by atoms with Crippen LogP contribution in [0.25, 0.3) is 0 Å². The number of halogens is 1. The molecular weight excluding hydrogens is 184 g/mol. The Bertz CT molecular complexity index is 321. The van der Waals surface area contributed by atoms with Gasteiger partial charge in [-0.1, -0.05) is 11.6 Å². The maximum atomic E-state index is 5.82. The van der Waals surface area contributed by atoms with Crippen LogP contribution in [0.2, 0.25) is 5.02 Å². The van der Waals surface area contributed by atoms with E-state index in [1.165, 1.54) is 0 Å². The number of rotatable bonds is 2. The van der Waals surface area contributed by atoms with Crippen LogP contribution in [0.4, 0.5) is 0 Å². The second-order valence-corrected chi connectivity index (χ2v) is 3.08. The van der Waals surface area contributed by atoms with Crippen LogP contribution in [-0.2, 0) is 0 Å². The first-order valence-corrected chi connectivity index (χ1v) is 4.38. The Morgan fingerprint density at radius 1 is 1.62 bits per heavy atom. The van der Waals surface area contributed by atoms with Crippen molar-refractivity contribution in [2.45, 2.75) is 19.4 Å². The molecule has 13 heavy (non-hydrogen) atoms. The minimum absolute atomic E-state index is 0.121. The Labute approximate surface area is 83.1 Å². The number of pyridine rings is 1. The fourth-order valence-electron chi connectivity index (χ4n) is 0.923. The Balaban J connectivity index is 2.69. The average molecular weight is 195 g/mol. The summed E-state index contributed by atoms with van der Waals surface area (Å²) >= 11 is 5.69. The van der Waals surface area contributed by atoms with Gasteiger partial charge in [-0.2, -0.15) is 0 Å². The monoisotopic (exact) mass is 194 g/mol. The maximum absolute atomic E-state index is 5.82. The van der Waals surface area contributed by atoms with Gasteiger partial charge in [0.1, 0.15) is 0 Å². The number of nitrogens with two attached hydrogens (primary N) is 1. The lowest BCUT2D eigenvalue weighted by molar-refractivity contribution is 0.725. The molecule has 0 spiro atoms. The van der Waals surface area contributed by atoms with E-state index in [0.29, 0.717) is 11.4 Å². The molecule has 1 rings (SSSR count). The Morgan fingerprint density at radius 3 is 2.92 bits per heavy atom. The second kappa shape index (κ2) is 4.86. The fourth-order valence-corrected chi connectivity index (χ4v) is 1.03. The van der Waals surface area contributed by atoms with Gasteiger partial charge in [-0.3, -0.25) is 4.98 Å². The van der Waals surface area contributed by atoms with Crippen molar-refractivity contribution in [3.63, 3.8) is 0 Å². The van der Waals surface area contributed by atoms with E-state index >= 15 is 0 Å². The maximum Gasteiger partial charge on any atom is 0.0589 e. The molecule has 1 aromatic rings. The predicted octanol–water partition coefficient (Wildman–Crippen LogP) is 2.15. The minimum atomic E-state index is -0.121. The van der Waals surface area contributed by atoms with Gasteiger partial charge < -0.3 is 5.73 Å². The van der Waals surface area contributed by atoms with Crippen LogP contribution in [-0.4, -0.2) is 4.98 Å². The van der Waals surface area contributed by atoms with Crippen molar-refractivity contribution in [2.75, 3.05) is 0 Å². The van der Waals surface area contributed by atoms with Gasteiger partial charge in [-0.05, 0) is 19.1 Å². The largest absolute Gasteiger partial charge is 0.322 e. The molecule has 1 aromatic heterocycles. The van der Waals surface area contributed by atoms with E-state index in [1.54, 1.807) is 19.2 Å². The van der Waals surface area contributed by atoms with Gasteiger partial charge in [0.15, 0.2) is 0 Å². The lowest BCUT2D eigenvalue weighted by atomic mass is 10.1. The third-order valence-electron chi connectivity index (χ3n) is 1.63. The van der Waals surface area contributed by atoms with Gasteiger partial charge in [0.05, 0.1) is 16.8 Å². The van der Waals surface area contributed by atoms with Crippen LogP contribution in [0.1, 0.15) is 25.1 Å². The molecule has 0 saturated heterocycles. The van der Waals surface area contributed by atoms with Crippen LogP contribution in [0.3, 0.4) is 0 Å². The first kappa shape index (κ1) is 10.0. The van der Waals surface area contributed by atoms with E-state index in [4.69, 9.17) is 17.3 Å². The van der Waals surface area contributed by atoms with E-state index in [1.807, 2.05) is 6.07 Å². The molecule has 0 aliphatic carbocycles. The van der Waals surface area contributed by atoms with E-state index < -0.39 is 0 Å². The SMILES string of the molecule is CC#CCC(N)c1ccc(Cl)cn1. The molecule has 1 unspecified atom stereocenters. The van der Waals surface area contributed by atoms with Gasteiger partial charge in [0, 0.05) is 12.6 Å². The average Bonchev–Trinajstić information content (AvgIpc) is 2.15. The Kier molecular flexibility index (Phi) is 3.75. The third kappa shape index (κ3) is 3.06. The quantitative estimate of drug-likeness (QED) is 0.733. The van der Waals surface area contributed by atoms with E-state index in [9.17, 15) is 0 Å². The van der Waals surface area contributed by atoms with Gasteiger partial charge >= 0.3 is 0 Å². The zero-order valence-electron chi connectivity index (χ0n) is 7.42. The summed E-state index contributed by atoms with van der Waals surface area (Å²) in [5.41, 5.74) is 6.65. The predicted molar refractivity (Wildman–Crippen MR) is 54.2 cm³/mol. The molecule has 0 aromatic carbocycles. The van der Waals surface area contributed by atoms with Crippen molar-refractivity contribution < 1.29 is 0 Å². The lowest BCUT2D eigenvalue weighted by Gasteiger charge is -2.06. The Morgan fingerprint density at radius 2 is 2.38 bits per heavy atom. The topological polar surface area (TPSA) is 38.9 Å². The Hall–Kier alpha value is -1.04. The van der Waals surface area contributed by atoms with Crippen molar-refractivity contribution in [1.29, 1.82) is 0 Å². The third-order valence-corrected chi connectivity index (χ3v) is 1.85. The molecule has 2 nitrogen and oxygen atoms in total. The number of hydrogen-bond donors (Lipinski definition) is 1. The summed E-state index contributed by atoms with van der Waals surface area (Å²) in [5, 5.41) is 0.623. The molecule has 0 radical (unpaired) electrons. The molecule has 68 valence electrons. The molecule has 0 saturated carbocycles. The van der Waals surface area contributed by atoms with Gasteiger partial charge in [-0.15, -0.1) is 11.8 Å². The van der Waals surface area contributed by atoms with E-state index in [0.717, 1.165) is 5.69 Å². The summed E-state index contributed by atoms with van der Waals surface area (Å²) in [6.07, 6.45) is 2.22. The zero-order valence-corrected chi connectivity index (χ0v) is 8.17. The van der Waals surface area contributed by atoms with Crippen molar-refractivity contribution in [1.82, 2.24) is 4.98 Å². The summed E-state index contributed by atoms with van der Waals surface area (Å²) in [4.78, 5) is 4.11. The molecule has 0 aliphatic rings. The highest BCUT2D eigenvalue weighted by atomic mass is 35.5. The number of hydrogen-bond acceptors (Lipinski definition) is 2. The van der Waals surface area contributed by atoms with Gasteiger partial charge in [-0.25, -0.2) is 0 Å². The summed E-state index contributed by atoms with van der Waals surface area (Å²) in [6.45, 7) is 1.79. The lowest BCUT2D eigenvalue weighted by Crippen LogP contribution is -2.10. The van der Waals surface area contributed by atoms with Crippen molar-refractivity contribution in [2.24, 2.45) is 5.73 Å². The van der Waals surface area contributed by atoms with Gasteiger partial charge in [0.2, 0.25) is 0 Å². The number of aromatic nitrogens is 1. The number of nitrogens with zero attached hydrogens (tertiary/aromatic N) is 1. The smallest absolute Gasteiger partial charge is 0.0589 e. The summed E-state index contributed by atoms with van der Waals surface area (Å²) in [7, 11) is 0. The molecule has 0 fully saturated rings. The first-order valence-electron chi connectivity index (χ1n) is 4.00. The summed E-state index contributed by atoms with van der Waals surface area (Å²) < 4.78 is 0. The normalized spacial score (nSPS) is 11.6. The van der Waals surface area contributed by atoms with Crippen LogP contribution in [0, 0.1) is 11.8 Å². The molecule has 2 N–H and O–H groups in total. The van der Waals surface area contributed by atoms with Crippen molar-refractivity contribution >= 4 is 11.6 Å². The molecule has 1 atom stereocenters. The first-order chi connectivity index (χ1) is 6.24. The van der Waals surface area contributed by atoms with Crippen molar-refractivity contribution in [3.8, 4) is 11.8 Å². The highest BCUT2D eigenvalue weighted by molar-refractivity contribution is 6.30. The molecular formula is C10H11ClN2. The molecule has 3 heteroatoms. The van der Waals surface area contributed by atoms with Gasteiger partial charge in [0.25, 0.3) is 0 Å². The minimum Gasteiger partial charge on any atom is -0.322 e. The van der Waals surface area contributed by atoms with Crippen LogP contribution >= 0.6 is 11.6 Å². The fraction of sp³-hybridized carbons (Fsp3) is 0.300. The van der Waals surface area contributed by atoms with Crippen molar-refractivity contribution in [3.05, 3.63) is 29.0 Å². The van der Waals surface area contributed by atoms with Crippen LogP contribution < -0.4 is 5.73 Å². The highest BCUT2D eigenvalue weighted by Gasteiger charge is 2.04. The highest BCUT2D eigenvalue weighted by Crippen LogP contribution is 2.13.